The second-order valence-electron chi connectivity index (χ2n) is 3.90. The van der Waals surface area contributed by atoms with Gasteiger partial charge in [0, 0.05) is 0 Å². The third-order valence-corrected chi connectivity index (χ3v) is 2.49. The number of nitrogens with zero attached hydrogens (tertiary/aromatic N) is 2. The van der Waals surface area contributed by atoms with Crippen LogP contribution in [0.3, 0.4) is 0 Å². The summed E-state index contributed by atoms with van der Waals surface area (Å²) >= 11 is 0. The molecule has 0 N–H and O–H groups in total. The molecular formula is C12H20N2O. The molecule has 1 atom stereocenters. The Morgan fingerprint density at radius 3 is 2.67 bits per heavy atom. The van der Waals surface area contributed by atoms with Gasteiger partial charge in [-0.15, -0.1) is 0 Å². The van der Waals surface area contributed by atoms with Crippen molar-refractivity contribution in [2.45, 2.75) is 40.5 Å². The fourth-order valence-electron chi connectivity index (χ4n) is 1.40. The second kappa shape index (κ2) is 5.69. The number of rotatable bonds is 5. The van der Waals surface area contributed by atoms with Crippen LogP contribution in [0.1, 0.15) is 38.6 Å². The van der Waals surface area contributed by atoms with Gasteiger partial charge in [-0.2, -0.15) is 0 Å². The number of hydrogen-bond donors (Lipinski definition) is 0. The molecule has 1 rings (SSSR count). The maximum Gasteiger partial charge on any atom is 0.235 e. The Labute approximate surface area is 91.9 Å². The van der Waals surface area contributed by atoms with E-state index in [1.807, 2.05) is 20.0 Å². The summed E-state index contributed by atoms with van der Waals surface area (Å²) in [6.45, 7) is 8.96. The average Bonchev–Trinajstić information content (AvgIpc) is 2.22. The summed E-state index contributed by atoms with van der Waals surface area (Å²) in [6.07, 6.45) is 3.99. The number of ether oxygens (including phenoxy) is 1. The normalized spacial score (nSPS) is 12.5. The molecule has 0 aliphatic rings. The van der Waals surface area contributed by atoms with E-state index >= 15 is 0 Å². The van der Waals surface area contributed by atoms with Crippen molar-refractivity contribution < 1.29 is 4.74 Å². The van der Waals surface area contributed by atoms with Crippen molar-refractivity contribution in [3.8, 4) is 5.88 Å². The quantitative estimate of drug-likeness (QED) is 0.746. The summed E-state index contributed by atoms with van der Waals surface area (Å²) in [5.41, 5.74) is 1.95. The van der Waals surface area contributed by atoms with Gasteiger partial charge in [-0.1, -0.05) is 20.3 Å². The summed E-state index contributed by atoms with van der Waals surface area (Å²) in [5.74, 6) is 1.32. The van der Waals surface area contributed by atoms with Crippen molar-refractivity contribution >= 4 is 0 Å². The van der Waals surface area contributed by atoms with Gasteiger partial charge in [0.15, 0.2) is 0 Å². The van der Waals surface area contributed by atoms with Gasteiger partial charge in [-0.25, -0.2) is 4.98 Å². The van der Waals surface area contributed by atoms with E-state index in [9.17, 15) is 0 Å². The maximum absolute atomic E-state index is 5.35. The molecule has 0 fully saturated rings. The zero-order valence-corrected chi connectivity index (χ0v) is 10.1. The molecule has 0 aliphatic carbocycles. The standard InChI is InChI=1S/C12H20N2O/c1-5-9(3)7-11-8-13-12(15-6-2)10(4)14-11/h8-9H,5-7H2,1-4H3. The summed E-state index contributed by atoms with van der Waals surface area (Å²) in [6, 6.07) is 0. The van der Waals surface area contributed by atoms with Crippen molar-refractivity contribution in [2.24, 2.45) is 5.92 Å². The van der Waals surface area contributed by atoms with Gasteiger partial charge in [0.05, 0.1) is 24.2 Å². The molecule has 1 heterocycles. The Balaban J connectivity index is 2.73. The van der Waals surface area contributed by atoms with Crippen LogP contribution in [0.4, 0.5) is 0 Å². The summed E-state index contributed by atoms with van der Waals surface area (Å²) in [4.78, 5) is 8.76. The van der Waals surface area contributed by atoms with E-state index in [4.69, 9.17) is 4.74 Å². The molecule has 0 amide bonds. The minimum atomic E-state index is 0.639. The average molecular weight is 208 g/mol. The Bertz CT molecular complexity index is 312. The molecule has 3 nitrogen and oxygen atoms in total. The first-order valence-corrected chi connectivity index (χ1v) is 5.62. The van der Waals surface area contributed by atoms with E-state index in [2.05, 4.69) is 23.8 Å². The van der Waals surface area contributed by atoms with E-state index in [0.29, 0.717) is 18.4 Å². The van der Waals surface area contributed by atoms with E-state index < -0.39 is 0 Å². The van der Waals surface area contributed by atoms with E-state index in [0.717, 1.165) is 17.8 Å². The van der Waals surface area contributed by atoms with Crippen LogP contribution in [-0.4, -0.2) is 16.6 Å². The Morgan fingerprint density at radius 2 is 2.13 bits per heavy atom. The second-order valence-corrected chi connectivity index (χ2v) is 3.90. The third-order valence-electron chi connectivity index (χ3n) is 2.49. The first-order chi connectivity index (χ1) is 7.17. The van der Waals surface area contributed by atoms with Crippen LogP contribution in [0.2, 0.25) is 0 Å². The molecule has 0 radical (unpaired) electrons. The van der Waals surface area contributed by atoms with E-state index in [-0.39, 0.29) is 0 Å². The van der Waals surface area contributed by atoms with Crippen molar-refractivity contribution in [1.29, 1.82) is 0 Å². The van der Waals surface area contributed by atoms with Crippen LogP contribution in [0.5, 0.6) is 5.88 Å². The molecular weight excluding hydrogens is 188 g/mol. The molecule has 1 aromatic rings. The fraction of sp³-hybridized carbons (Fsp3) is 0.667. The van der Waals surface area contributed by atoms with Gasteiger partial charge in [0.2, 0.25) is 5.88 Å². The van der Waals surface area contributed by atoms with Crippen LogP contribution < -0.4 is 4.74 Å². The van der Waals surface area contributed by atoms with Gasteiger partial charge in [0.25, 0.3) is 0 Å². The lowest BCUT2D eigenvalue weighted by Gasteiger charge is -2.09. The van der Waals surface area contributed by atoms with Crippen LogP contribution >= 0.6 is 0 Å². The van der Waals surface area contributed by atoms with Crippen LogP contribution in [0.25, 0.3) is 0 Å². The monoisotopic (exact) mass is 208 g/mol. The summed E-state index contributed by atoms with van der Waals surface area (Å²) in [7, 11) is 0. The first kappa shape index (κ1) is 12.0. The van der Waals surface area contributed by atoms with Crippen molar-refractivity contribution in [1.82, 2.24) is 9.97 Å². The van der Waals surface area contributed by atoms with Crippen molar-refractivity contribution in [3.05, 3.63) is 17.6 Å². The topological polar surface area (TPSA) is 35.0 Å². The number of hydrogen-bond acceptors (Lipinski definition) is 3. The Morgan fingerprint density at radius 1 is 1.40 bits per heavy atom. The molecule has 3 heteroatoms. The van der Waals surface area contributed by atoms with Crippen LogP contribution in [0.15, 0.2) is 6.20 Å². The predicted molar refractivity (Wildman–Crippen MR) is 61.1 cm³/mol. The largest absolute Gasteiger partial charge is 0.477 e. The zero-order chi connectivity index (χ0) is 11.3. The molecule has 0 saturated carbocycles. The minimum Gasteiger partial charge on any atom is -0.477 e. The smallest absolute Gasteiger partial charge is 0.235 e. The van der Waals surface area contributed by atoms with Gasteiger partial charge >= 0.3 is 0 Å². The molecule has 0 aliphatic heterocycles. The molecule has 15 heavy (non-hydrogen) atoms. The SMILES string of the molecule is CCOc1ncc(CC(C)CC)nc1C. The molecule has 1 unspecified atom stereocenters. The maximum atomic E-state index is 5.35. The highest BCUT2D eigenvalue weighted by Crippen LogP contribution is 2.14. The highest BCUT2D eigenvalue weighted by atomic mass is 16.5. The molecule has 0 aromatic carbocycles. The summed E-state index contributed by atoms with van der Waals surface area (Å²) < 4.78 is 5.35. The molecule has 0 spiro atoms. The van der Waals surface area contributed by atoms with Crippen molar-refractivity contribution in [2.75, 3.05) is 6.61 Å². The Hall–Kier alpha value is -1.12. The predicted octanol–water partition coefficient (Wildman–Crippen LogP) is 2.77. The first-order valence-electron chi connectivity index (χ1n) is 5.62. The molecule has 0 saturated heterocycles. The van der Waals surface area contributed by atoms with Gasteiger partial charge in [-0.05, 0) is 26.2 Å². The van der Waals surface area contributed by atoms with Gasteiger partial charge < -0.3 is 4.74 Å². The van der Waals surface area contributed by atoms with E-state index in [1.54, 1.807) is 0 Å². The minimum absolute atomic E-state index is 0.639. The third kappa shape index (κ3) is 3.50. The number of aryl methyl sites for hydroxylation is 1. The van der Waals surface area contributed by atoms with Gasteiger partial charge in [0.1, 0.15) is 0 Å². The molecule has 0 bridgehead atoms. The highest BCUT2D eigenvalue weighted by Gasteiger charge is 2.06. The van der Waals surface area contributed by atoms with Crippen LogP contribution in [-0.2, 0) is 6.42 Å². The lowest BCUT2D eigenvalue weighted by atomic mass is 10.0. The molecule has 1 aromatic heterocycles. The number of aromatic nitrogens is 2. The highest BCUT2D eigenvalue weighted by molar-refractivity contribution is 5.18. The Kier molecular flexibility index (Phi) is 4.53. The van der Waals surface area contributed by atoms with E-state index in [1.165, 1.54) is 6.42 Å². The van der Waals surface area contributed by atoms with Crippen molar-refractivity contribution in [3.63, 3.8) is 0 Å². The lowest BCUT2D eigenvalue weighted by molar-refractivity contribution is 0.321. The zero-order valence-electron chi connectivity index (χ0n) is 10.1. The van der Waals surface area contributed by atoms with Crippen LogP contribution in [0, 0.1) is 12.8 Å². The molecule has 84 valence electrons. The fourth-order valence-corrected chi connectivity index (χ4v) is 1.40. The summed E-state index contributed by atoms with van der Waals surface area (Å²) in [5, 5.41) is 0. The lowest BCUT2D eigenvalue weighted by Crippen LogP contribution is -2.05. The van der Waals surface area contributed by atoms with Gasteiger partial charge in [-0.3, -0.25) is 4.98 Å².